The van der Waals surface area contributed by atoms with Gasteiger partial charge in [-0.2, -0.15) is 4.98 Å². The summed E-state index contributed by atoms with van der Waals surface area (Å²) in [7, 11) is 0. The summed E-state index contributed by atoms with van der Waals surface area (Å²) < 4.78 is 5.10. The van der Waals surface area contributed by atoms with E-state index in [-0.39, 0.29) is 11.7 Å². The average molecular weight is 367 g/mol. The highest BCUT2D eigenvalue weighted by molar-refractivity contribution is 7.98. The maximum Gasteiger partial charge on any atom is 0.256 e. The quantitative estimate of drug-likeness (QED) is 0.521. The largest absolute Gasteiger partial charge is 0.338 e. The predicted octanol–water partition coefficient (Wildman–Crippen LogP) is 4.13. The molecule has 7 heteroatoms. The third-order valence-corrected chi connectivity index (χ3v) is 4.67. The first kappa shape index (κ1) is 17.9. The van der Waals surface area contributed by atoms with Gasteiger partial charge >= 0.3 is 0 Å². The van der Waals surface area contributed by atoms with Crippen LogP contribution in [0.15, 0.2) is 57.9 Å². The van der Waals surface area contributed by atoms with Gasteiger partial charge in [-0.25, -0.2) is 0 Å². The maximum atomic E-state index is 12.7. The summed E-state index contributed by atoms with van der Waals surface area (Å²) in [4.78, 5) is 29.4. The van der Waals surface area contributed by atoms with Crippen molar-refractivity contribution < 1.29 is 14.1 Å². The molecule has 6 nitrogen and oxygen atoms in total. The molecule has 2 aromatic carbocycles. The highest BCUT2D eigenvalue weighted by atomic mass is 32.2. The second kappa shape index (κ2) is 7.97. The number of nitrogens with zero attached hydrogens (tertiary/aromatic N) is 2. The third-order valence-electron chi connectivity index (χ3n) is 3.61. The van der Waals surface area contributed by atoms with E-state index in [2.05, 4.69) is 15.5 Å². The minimum Gasteiger partial charge on any atom is -0.338 e. The second-order valence-corrected chi connectivity index (χ2v) is 6.59. The van der Waals surface area contributed by atoms with Crippen LogP contribution < -0.4 is 5.32 Å². The number of Topliss-reactive ketones (excluding diaryl/α,β-unsaturated/α-hetero) is 1. The van der Waals surface area contributed by atoms with Crippen LogP contribution in [0.4, 0.5) is 5.69 Å². The van der Waals surface area contributed by atoms with Gasteiger partial charge in [0.25, 0.3) is 5.91 Å². The van der Waals surface area contributed by atoms with Crippen molar-refractivity contribution in [3.8, 4) is 0 Å². The molecule has 26 heavy (non-hydrogen) atoms. The summed E-state index contributed by atoms with van der Waals surface area (Å²) in [5.74, 6) is 1.17. The lowest BCUT2D eigenvalue weighted by atomic mass is 10.1. The number of nitrogens with one attached hydrogen (secondary N) is 1. The van der Waals surface area contributed by atoms with E-state index in [0.29, 0.717) is 34.3 Å². The summed E-state index contributed by atoms with van der Waals surface area (Å²) in [6, 6.07) is 14.2. The van der Waals surface area contributed by atoms with Gasteiger partial charge in [-0.05, 0) is 38.1 Å². The number of hydrogen-bond donors (Lipinski definition) is 1. The molecule has 3 aromatic rings. The Balaban J connectivity index is 1.79. The van der Waals surface area contributed by atoms with Crippen molar-refractivity contribution in [2.45, 2.75) is 24.5 Å². The molecular weight excluding hydrogens is 350 g/mol. The molecule has 0 aliphatic heterocycles. The number of amides is 1. The van der Waals surface area contributed by atoms with Crippen molar-refractivity contribution in [3.05, 3.63) is 71.4 Å². The highest BCUT2D eigenvalue weighted by Crippen LogP contribution is 2.27. The lowest BCUT2D eigenvalue weighted by Gasteiger charge is -2.11. The van der Waals surface area contributed by atoms with Crippen LogP contribution in [0.2, 0.25) is 0 Å². The summed E-state index contributed by atoms with van der Waals surface area (Å²) in [5, 5.41) is 6.58. The lowest BCUT2D eigenvalue weighted by Crippen LogP contribution is -2.15. The Morgan fingerprint density at radius 2 is 1.77 bits per heavy atom. The van der Waals surface area contributed by atoms with E-state index in [0.717, 1.165) is 4.90 Å². The topological polar surface area (TPSA) is 85.1 Å². The monoisotopic (exact) mass is 367 g/mol. The standard InChI is InChI=1S/C19H17N3O3S/c1-12(23)14-7-3-5-9-16(14)21-19(24)15-8-4-6-10-17(15)26-11-18-20-13(2)22-25-18/h3-10H,11H2,1-2H3,(H,21,24). The molecule has 1 heterocycles. The summed E-state index contributed by atoms with van der Waals surface area (Å²) in [6.45, 7) is 3.23. The van der Waals surface area contributed by atoms with Crippen molar-refractivity contribution in [1.82, 2.24) is 10.1 Å². The van der Waals surface area contributed by atoms with Crippen LogP contribution in [0.3, 0.4) is 0 Å². The van der Waals surface area contributed by atoms with Crippen LogP contribution in [0.1, 0.15) is 39.4 Å². The number of ketones is 1. The average Bonchev–Trinajstić information content (AvgIpc) is 3.06. The van der Waals surface area contributed by atoms with Gasteiger partial charge in [0, 0.05) is 10.5 Å². The molecule has 0 radical (unpaired) electrons. The number of carbonyl (C=O) groups is 2. The minimum atomic E-state index is -0.275. The minimum absolute atomic E-state index is 0.102. The number of benzene rings is 2. The van der Waals surface area contributed by atoms with Crippen LogP contribution in [0.25, 0.3) is 0 Å². The first-order valence-electron chi connectivity index (χ1n) is 7.97. The molecule has 0 bridgehead atoms. The second-order valence-electron chi connectivity index (χ2n) is 5.58. The molecule has 132 valence electrons. The summed E-state index contributed by atoms with van der Waals surface area (Å²) in [5.41, 5.74) is 1.50. The van der Waals surface area contributed by atoms with E-state index in [9.17, 15) is 9.59 Å². The van der Waals surface area contributed by atoms with Gasteiger partial charge in [-0.3, -0.25) is 9.59 Å². The first-order valence-corrected chi connectivity index (χ1v) is 8.95. The van der Waals surface area contributed by atoms with Gasteiger partial charge in [-0.15, -0.1) is 11.8 Å². The molecule has 0 fully saturated rings. The number of anilines is 1. The maximum absolute atomic E-state index is 12.7. The van der Waals surface area contributed by atoms with Crippen LogP contribution >= 0.6 is 11.8 Å². The number of aromatic nitrogens is 2. The number of para-hydroxylation sites is 1. The molecule has 0 saturated heterocycles. The van der Waals surface area contributed by atoms with E-state index < -0.39 is 0 Å². The van der Waals surface area contributed by atoms with Gasteiger partial charge in [0.15, 0.2) is 11.6 Å². The van der Waals surface area contributed by atoms with E-state index in [1.165, 1.54) is 18.7 Å². The van der Waals surface area contributed by atoms with Crippen LogP contribution in [-0.4, -0.2) is 21.8 Å². The fourth-order valence-electron chi connectivity index (χ4n) is 2.41. The molecule has 1 N–H and O–H groups in total. The molecule has 0 aliphatic carbocycles. The molecule has 1 amide bonds. The van der Waals surface area contributed by atoms with Crippen molar-refractivity contribution in [2.24, 2.45) is 0 Å². The number of thioether (sulfide) groups is 1. The SMILES string of the molecule is CC(=O)c1ccccc1NC(=O)c1ccccc1SCc1nc(C)no1. The van der Waals surface area contributed by atoms with Gasteiger partial charge < -0.3 is 9.84 Å². The van der Waals surface area contributed by atoms with Gasteiger partial charge in [-0.1, -0.05) is 29.4 Å². The van der Waals surface area contributed by atoms with Crippen molar-refractivity contribution in [2.75, 3.05) is 5.32 Å². The van der Waals surface area contributed by atoms with Crippen molar-refractivity contribution in [3.63, 3.8) is 0 Å². The van der Waals surface area contributed by atoms with E-state index in [4.69, 9.17) is 4.52 Å². The Hall–Kier alpha value is -2.93. The van der Waals surface area contributed by atoms with E-state index >= 15 is 0 Å². The number of hydrogen-bond acceptors (Lipinski definition) is 6. The molecule has 0 aliphatic rings. The number of carbonyl (C=O) groups excluding carboxylic acids is 2. The lowest BCUT2D eigenvalue weighted by molar-refractivity contribution is 0.101. The Morgan fingerprint density at radius 1 is 1.08 bits per heavy atom. The van der Waals surface area contributed by atoms with Crippen LogP contribution in [0.5, 0.6) is 0 Å². The number of aryl methyl sites for hydroxylation is 1. The van der Waals surface area contributed by atoms with Crippen LogP contribution in [-0.2, 0) is 5.75 Å². The third kappa shape index (κ3) is 4.18. The molecule has 3 rings (SSSR count). The Labute approximate surface area is 155 Å². The van der Waals surface area contributed by atoms with Gasteiger partial charge in [0.1, 0.15) is 0 Å². The van der Waals surface area contributed by atoms with Crippen molar-refractivity contribution >= 4 is 29.1 Å². The zero-order valence-electron chi connectivity index (χ0n) is 14.4. The molecule has 1 aromatic heterocycles. The molecule has 0 unspecified atom stereocenters. The summed E-state index contributed by atoms with van der Waals surface area (Å²) >= 11 is 1.44. The fraction of sp³-hybridized carbons (Fsp3) is 0.158. The normalized spacial score (nSPS) is 10.5. The van der Waals surface area contributed by atoms with Gasteiger partial charge in [0.05, 0.1) is 17.0 Å². The predicted molar refractivity (Wildman–Crippen MR) is 99.4 cm³/mol. The first-order chi connectivity index (χ1) is 12.5. The van der Waals surface area contributed by atoms with Crippen LogP contribution in [0, 0.1) is 6.92 Å². The van der Waals surface area contributed by atoms with Gasteiger partial charge in [0.2, 0.25) is 5.89 Å². The zero-order valence-corrected chi connectivity index (χ0v) is 15.2. The number of rotatable bonds is 6. The molecule has 0 spiro atoms. The molecule has 0 saturated carbocycles. The van der Waals surface area contributed by atoms with E-state index in [1.807, 2.05) is 12.1 Å². The Morgan fingerprint density at radius 3 is 2.46 bits per heavy atom. The Bertz CT molecular complexity index is 952. The summed E-state index contributed by atoms with van der Waals surface area (Å²) in [6.07, 6.45) is 0. The molecular formula is C19H17N3O3S. The highest BCUT2D eigenvalue weighted by Gasteiger charge is 2.15. The fourth-order valence-corrected chi connectivity index (χ4v) is 3.29. The van der Waals surface area contributed by atoms with Crippen molar-refractivity contribution in [1.29, 1.82) is 0 Å². The van der Waals surface area contributed by atoms with E-state index in [1.54, 1.807) is 43.3 Å². The Kier molecular flexibility index (Phi) is 5.48. The smallest absolute Gasteiger partial charge is 0.256 e. The molecule has 0 atom stereocenters. The zero-order chi connectivity index (χ0) is 18.5.